The highest BCUT2D eigenvalue weighted by Gasteiger charge is 2.26. The van der Waals surface area contributed by atoms with Gasteiger partial charge in [0.05, 0.1) is 40.2 Å². The van der Waals surface area contributed by atoms with Crippen molar-refractivity contribution >= 4 is 29.2 Å². The first-order valence-electron chi connectivity index (χ1n) is 13.1. The molecule has 2 N–H and O–H groups in total. The van der Waals surface area contributed by atoms with Gasteiger partial charge in [-0.25, -0.2) is 14.2 Å². The Balaban J connectivity index is 1.44. The number of hydrogen-bond acceptors (Lipinski definition) is 7. The highest BCUT2D eigenvalue weighted by molar-refractivity contribution is 6.06. The van der Waals surface area contributed by atoms with E-state index >= 15 is 0 Å². The molecule has 214 valence electrons. The smallest absolute Gasteiger partial charge is 0.415 e. The largest absolute Gasteiger partial charge is 0.493 e. The molecule has 41 heavy (non-hydrogen) atoms. The van der Waals surface area contributed by atoms with Crippen molar-refractivity contribution in [3.8, 4) is 17.2 Å². The highest BCUT2D eigenvalue weighted by atomic mass is 19.1. The van der Waals surface area contributed by atoms with Crippen molar-refractivity contribution in [1.29, 1.82) is 0 Å². The van der Waals surface area contributed by atoms with Gasteiger partial charge >= 0.3 is 6.09 Å². The van der Waals surface area contributed by atoms with Crippen LogP contribution in [0.25, 0.3) is 17.2 Å². The van der Waals surface area contributed by atoms with Crippen molar-refractivity contribution in [3.63, 3.8) is 0 Å². The summed E-state index contributed by atoms with van der Waals surface area (Å²) < 4.78 is 36.5. The SMILES string of the molecule is COc1cc(C=C2C(C)=C(CNC(=O)Cc3cnc[nH]3)c3cc(F)ccc32)cc(OC)c1OC(=O)N1CCOCC1. The zero-order valence-electron chi connectivity index (χ0n) is 23.1. The summed E-state index contributed by atoms with van der Waals surface area (Å²) in [5.74, 6) is 0.275. The van der Waals surface area contributed by atoms with Crippen molar-refractivity contribution in [1.82, 2.24) is 20.2 Å². The predicted octanol–water partition coefficient (Wildman–Crippen LogP) is 4.08. The van der Waals surface area contributed by atoms with Gasteiger partial charge in [-0.15, -0.1) is 0 Å². The molecule has 0 spiro atoms. The van der Waals surface area contributed by atoms with E-state index in [0.29, 0.717) is 49.1 Å². The van der Waals surface area contributed by atoms with Crippen LogP contribution in [0.2, 0.25) is 0 Å². The van der Waals surface area contributed by atoms with Gasteiger partial charge in [0.15, 0.2) is 11.5 Å². The number of imidazole rings is 1. The summed E-state index contributed by atoms with van der Waals surface area (Å²) in [5.41, 5.74) is 5.55. The Labute approximate surface area is 236 Å². The Hall–Kier alpha value is -4.64. The molecule has 2 amide bonds. The molecule has 11 heteroatoms. The number of benzene rings is 2. The molecule has 1 saturated heterocycles. The van der Waals surface area contributed by atoms with Gasteiger partial charge in [-0.05, 0) is 70.7 Å². The normalized spacial score (nSPS) is 15.6. The molecular weight excluding hydrogens is 531 g/mol. The highest BCUT2D eigenvalue weighted by Crippen LogP contribution is 2.44. The van der Waals surface area contributed by atoms with Crippen molar-refractivity contribution in [3.05, 3.63) is 76.6 Å². The summed E-state index contributed by atoms with van der Waals surface area (Å²) in [6.45, 7) is 3.94. The van der Waals surface area contributed by atoms with Crippen LogP contribution < -0.4 is 19.5 Å². The van der Waals surface area contributed by atoms with Crippen LogP contribution in [0.15, 0.2) is 48.4 Å². The number of hydrogen-bond donors (Lipinski definition) is 2. The zero-order valence-corrected chi connectivity index (χ0v) is 23.1. The van der Waals surface area contributed by atoms with Gasteiger partial charge in [0.2, 0.25) is 11.7 Å². The van der Waals surface area contributed by atoms with Crippen LogP contribution in [0, 0.1) is 5.82 Å². The molecule has 0 atom stereocenters. The van der Waals surface area contributed by atoms with E-state index in [1.807, 2.05) is 13.0 Å². The molecule has 3 aromatic rings. The van der Waals surface area contributed by atoms with Crippen molar-refractivity contribution in [2.45, 2.75) is 13.3 Å². The standard InChI is InChI=1S/C30H31FN4O6/c1-18-23(22-5-4-20(31)13-24(22)25(18)16-33-28(36)14-21-15-32-17-34-21)10-19-11-26(38-2)29(27(12-19)39-3)41-30(37)35-6-8-40-9-7-35/h4-5,10-13,15,17H,6-9,14,16H2,1-3H3,(H,32,34)(H,33,36). The van der Waals surface area contributed by atoms with Crippen LogP contribution in [-0.4, -0.2) is 73.9 Å². The number of allylic oxidation sites excluding steroid dienone is 2. The Morgan fingerprint density at radius 2 is 1.85 bits per heavy atom. The maximum atomic E-state index is 14.3. The van der Waals surface area contributed by atoms with Crippen LogP contribution >= 0.6 is 0 Å². The first-order valence-corrected chi connectivity index (χ1v) is 13.1. The number of carbonyl (C=O) groups excluding carboxylic acids is 2. The Morgan fingerprint density at radius 1 is 1.12 bits per heavy atom. The minimum absolute atomic E-state index is 0.160. The molecule has 1 fully saturated rings. The quantitative estimate of drug-likeness (QED) is 0.425. The van der Waals surface area contributed by atoms with Gasteiger partial charge in [-0.1, -0.05) is 6.07 Å². The average molecular weight is 563 g/mol. The first kappa shape index (κ1) is 27.9. The number of nitrogens with one attached hydrogen (secondary N) is 2. The van der Waals surface area contributed by atoms with Gasteiger partial charge < -0.3 is 34.1 Å². The lowest BCUT2D eigenvalue weighted by molar-refractivity contribution is -0.120. The third kappa shape index (κ3) is 6.09. The number of nitrogens with zero attached hydrogens (tertiary/aromatic N) is 2. The number of morpholine rings is 1. The van der Waals surface area contributed by atoms with Gasteiger partial charge in [0.25, 0.3) is 0 Å². The predicted molar refractivity (Wildman–Crippen MR) is 150 cm³/mol. The lowest BCUT2D eigenvalue weighted by atomic mass is 10.00. The molecule has 0 radical (unpaired) electrons. The maximum absolute atomic E-state index is 14.3. The van der Waals surface area contributed by atoms with Crippen LogP contribution in [0.3, 0.4) is 0 Å². The van der Waals surface area contributed by atoms with E-state index in [1.54, 1.807) is 29.3 Å². The Morgan fingerprint density at radius 3 is 2.51 bits per heavy atom. The van der Waals surface area contributed by atoms with Crippen LogP contribution in [-0.2, 0) is 16.0 Å². The molecule has 0 bridgehead atoms. The van der Waals surface area contributed by atoms with Crippen molar-refractivity contribution < 1.29 is 32.9 Å². The number of fused-ring (bicyclic) bond motifs is 1. The van der Waals surface area contributed by atoms with Crippen molar-refractivity contribution in [2.75, 3.05) is 47.1 Å². The second-order valence-corrected chi connectivity index (χ2v) is 9.60. The Kier molecular flexibility index (Phi) is 8.34. The monoisotopic (exact) mass is 562 g/mol. The molecule has 2 aromatic carbocycles. The summed E-state index contributed by atoms with van der Waals surface area (Å²) >= 11 is 0. The Bertz CT molecular complexity index is 1480. The lowest BCUT2D eigenvalue weighted by Gasteiger charge is -2.26. The van der Waals surface area contributed by atoms with Gasteiger partial charge in [0, 0.05) is 31.5 Å². The number of rotatable bonds is 8. The van der Waals surface area contributed by atoms with Crippen molar-refractivity contribution in [2.24, 2.45) is 0 Å². The van der Waals surface area contributed by atoms with Gasteiger partial charge in [-0.3, -0.25) is 4.79 Å². The van der Waals surface area contributed by atoms with Gasteiger partial charge in [-0.2, -0.15) is 0 Å². The van der Waals surface area contributed by atoms with Crippen LogP contribution in [0.1, 0.15) is 29.3 Å². The average Bonchev–Trinajstić information content (AvgIpc) is 3.58. The number of aromatic amines is 1. The molecular formula is C30H31FN4O6. The minimum Gasteiger partial charge on any atom is -0.493 e. The first-order chi connectivity index (χ1) is 19.9. The fourth-order valence-electron chi connectivity index (χ4n) is 4.93. The summed E-state index contributed by atoms with van der Waals surface area (Å²) in [7, 11) is 2.97. The molecule has 0 unspecified atom stereocenters. The summed E-state index contributed by atoms with van der Waals surface area (Å²) in [6.07, 6.45) is 4.70. The maximum Gasteiger partial charge on any atom is 0.415 e. The fraction of sp³-hybridized carbons (Fsp3) is 0.300. The molecule has 0 saturated carbocycles. The van der Waals surface area contributed by atoms with E-state index < -0.39 is 6.09 Å². The molecule has 1 aliphatic heterocycles. The third-order valence-electron chi connectivity index (χ3n) is 7.07. The third-order valence-corrected chi connectivity index (χ3v) is 7.07. The molecule has 1 aromatic heterocycles. The lowest BCUT2D eigenvalue weighted by Crippen LogP contribution is -2.42. The summed E-state index contributed by atoms with van der Waals surface area (Å²) in [6, 6.07) is 8.11. The second-order valence-electron chi connectivity index (χ2n) is 9.60. The number of amides is 2. The minimum atomic E-state index is -0.513. The van der Waals surface area contributed by atoms with E-state index in [9.17, 15) is 14.0 Å². The summed E-state index contributed by atoms with van der Waals surface area (Å²) in [4.78, 5) is 33.7. The molecule has 1 aliphatic carbocycles. The van der Waals surface area contributed by atoms with E-state index in [1.165, 1.54) is 32.7 Å². The van der Waals surface area contributed by atoms with E-state index in [2.05, 4.69) is 15.3 Å². The number of methoxy groups -OCH3 is 2. The van der Waals surface area contributed by atoms with Gasteiger partial charge in [0.1, 0.15) is 5.82 Å². The number of H-pyrrole nitrogens is 1. The topological polar surface area (TPSA) is 115 Å². The van der Waals surface area contributed by atoms with E-state index in [-0.39, 0.29) is 30.4 Å². The number of aromatic nitrogens is 2. The van der Waals surface area contributed by atoms with E-state index in [4.69, 9.17) is 18.9 Å². The van der Waals surface area contributed by atoms with E-state index in [0.717, 1.165) is 27.8 Å². The molecule has 5 rings (SSSR count). The number of ether oxygens (including phenoxy) is 4. The molecule has 10 nitrogen and oxygen atoms in total. The number of carbonyl (C=O) groups is 2. The molecule has 2 aliphatic rings. The fourth-order valence-corrected chi connectivity index (χ4v) is 4.93. The van der Waals surface area contributed by atoms with Crippen LogP contribution in [0.4, 0.5) is 9.18 Å². The second kappa shape index (κ2) is 12.3. The number of halogens is 1. The molecule has 2 heterocycles. The zero-order chi connectivity index (χ0) is 28.9. The van der Waals surface area contributed by atoms with Crippen LogP contribution in [0.5, 0.6) is 17.2 Å². The summed E-state index contributed by atoms with van der Waals surface area (Å²) in [5, 5.41) is 2.93.